The maximum Gasteiger partial charge on any atom is 0.295 e. The van der Waals surface area contributed by atoms with Crippen molar-refractivity contribution in [1.82, 2.24) is 0 Å². The van der Waals surface area contributed by atoms with Crippen molar-refractivity contribution in [3.05, 3.63) is 105 Å². The van der Waals surface area contributed by atoms with Gasteiger partial charge in [0.15, 0.2) is 5.43 Å². The molecule has 1 aliphatic rings. The second kappa shape index (κ2) is 7.04. The largest absolute Gasteiger partial charge is 0.497 e. The molecular formula is C24H16ClNO4. The van der Waals surface area contributed by atoms with Crippen LogP contribution in [0.25, 0.3) is 11.0 Å². The molecule has 5 nitrogen and oxygen atoms in total. The van der Waals surface area contributed by atoms with Gasteiger partial charge in [0.2, 0.25) is 5.76 Å². The minimum atomic E-state index is -0.665. The predicted octanol–water partition coefficient (Wildman–Crippen LogP) is 5.20. The third-order valence-corrected chi connectivity index (χ3v) is 5.51. The fourth-order valence-corrected chi connectivity index (χ4v) is 4.12. The van der Waals surface area contributed by atoms with Gasteiger partial charge in [0.05, 0.1) is 24.1 Å². The number of benzene rings is 3. The zero-order chi connectivity index (χ0) is 20.8. The van der Waals surface area contributed by atoms with Crippen LogP contribution in [0.4, 0.5) is 5.69 Å². The number of nitrogens with zero attached hydrogens (tertiary/aromatic N) is 1. The first-order valence-electron chi connectivity index (χ1n) is 9.37. The number of ether oxygens (including phenoxy) is 1. The molecule has 148 valence electrons. The molecule has 1 aromatic heterocycles. The van der Waals surface area contributed by atoms with Crippen molar-refractivity contribution in [2.75, 3.05) is 12.0 Å². The first-order valence-corrected chi connectivity index (χ1v) is 9.75. The Kier molecular flexibility index (Phi) is 4.33. The van der Waals surface area contributed by atoms with Crippen LogP contribution in [-0.4, -0.2) is 13.0 Å². The first-order chi connectivity index (χ1) is 14.6. The van der Waals surface area contributed by atoms with Crippen molar-refractivity contribution in [2.45, 2.75) is 6.04 Å². The Morgan fingerprint density at radius 1 is 0.967 bits per heavy atom. The van der Waals surface area contributed by atoms with Gasteiger partial charge in [-0.15, -0.1) is 0 Å². The Morgan fingerprint density at radius 2 is 1.77 bits per heavy atom. The van der Waals surface area contributed by atoms with Crippen LogP contribution < -0.4 is 15.1 Å². The first kappa shape index (κ1) is 18.5. The van der Waals surface area contributed by atoms with Gasteiger partial charge in [-0.3, -0.25) is 14.5 Å². The summed E-state index contributed by atoms with van der Waals surface area (Å²) >= 11 is 6.20. The molecule has 0 aliphatic carbocycles. The predicted molar refractivity (Wildman–Crippen MR) is 116 cm³/mol. The second-order valence-electron chi connectivity index (χ2n) is 7.00. The van der Waals surface area contributed by atoms with Crippen molar-refractivity contribution in [3.8, 4) is 5.75 Å². The summed E-state index contributed by atoms with van der Waals surface area (Å²) in [7, 11) is 1.57. The molecule has 3 aromatic carbocycles. The summed E-state index contributed by atoms with van der Waals surface area (Å²) in [5.74, 6) is 0.291. The highest BCUT2D eigenvalue weighted by Gasteiger charge is 2.43. The van der Waals surface area contributed by atoms with E-state index in [-0.39, 0.29) is 17.1 Å². The van der Waals surface area contributed by atoms with Crippen molar-refractivity contribution < 1.29 is 13.9 Å². The van der Waals surface area contributed by atoms with Gasteiger partial charge in [-0.2, -0.15) is 0 Å². The van der Waals surface area contributed by atoms with E-state index in [0.29, 0.717) is 33.0 Å². The van der Waals surface area contributed by atoms with E-state index < -0.39 is 6.04 Å². The van der Waals surface area contributed by atoms with Crippen LogP contribution in [0, 0.1) is 0 Å². The summed E-state index contributed by atoms with van der Waals surface area (Å²) in [6.45, 7) is 0. The fraction of sp³-hybridized carbons (Fsp3) is 0.0833. The van der Waals surface area contributed by atoms with Gasteiger partial charge in [0.25, 0.3) is 5.91 Å². The molecule has 0 saturated heterocycles. The molecule has 4 aromatic rings. The van der Waals surface area contributed by atoms with Crippen LogP contribution in [-0.2, 0) is 0 Å². The molecule has 0 N–H and O–H groups in total. The highest BCUT2D eigenvalue weighted by atomic mass is 35.5. The summed E-state index contributed by atoms with van der Waals surface area (Å²) in [4.78, 5) is 28.5. The van der Waals surface area contributed by atoms with Crippen LogP contribution in [0.5, 0.6) is 5.75 Å². The summed E-state index contributed by atoms with van der Waals surface area (Å²) in [6.07, 6.45) is 0. The number of methoxy groups -OCH3 is 1. The summed E-state index contributed by atoms with van der Waals surface area (Å²) in [6, 6.07) is 20.6. The highest BCUT2D eigenvalue weighted by molar-refractivity contribution is 6.31. The van der Waals surface area contributed by atoms with Gasteiger partial charge in [-0.1, -0.05) is 41.9 Å². The van der Waals surface area contributed by atoms with Gasteiger partial charge < -0.3 is 9.15 Å². The molecule has 30 heavy (non-hydrogen) atoms. The van der Waals surface area contributed by atoms with Gasteiger partial charge >= 0.3 is 0 Å². The Morgan fingerprint density at radius 3 is 2.57 bits per heavy atom. The zero-order valence-corrected chi connectivity index (χ0v) is 16.7. The number of carbonyl (C=O) groups is 1. The average Bonchev–Trinajstić information content (AvgIpc) is 3.06. The number of anilines is 1. The number of carbonyl (C=O) groups excluding carboxylic acids is 1. The molecule has 1 aliphatic heterocycles. The number of halogens is 1. The number of amides is 1. The van der Waals surface area contributed by atoms with Crippen LogP contribution in [0.15, 0.2) is 82.0 Å². The van der Waals surface area contributed by atoms with Crippen LogP contribution in [0.1, 0.15) is 27.7 Å². The average molecular weight is 418 g/mol. The Bertz CT molecular complexity index is 1360. The van der Waals surface area contributed by atoms with E-state index in [1.807, 2.05) is 24.3 Å². The molecule has 1 atom stereocenters. The molecule has 6 heteroatoms. The topological polar surface area (TPSA) is 59.8 Å². The lowest BCUT2D eigenvalue weighted by Gasteiger charge is -2.25. The molecule has 2 heterocycles. The minimum Gasteiger partial charge on any atom is -0.497 e. The number of fused-ring (bicyclic) bond motifs is 2. The number of hydrogen-bond donors (Lipinski definition) is 0. The third kappa shape index (κ3) is 2.78. The van der Waals surface area contributed by atoms with E-state index in [1.54, 1.807) is 60.5 Å². The van der Waals surface area contributed by atoms with E-state index in [1.165, 1.54) is 0 Å². The van der Waals surface area contributed by atoms with Crippen LogP contribution in [0.3, 0.4) is 0 Å². The van der Waals surface area contributed by atoms with Crippen LogP contribution in [0.2, 0.25) is 5.02 Å². The van der Waals surface area contributed by atoms with Crippen molar-refractivity contribution in [1.29, 1.82) is 0 Å². The summed E-state index contributed by atoms with van der Waals surface area (Å²) < 4.78 is 11.3. The lowest BCUT2D eigenvalue weighted by molar-refractivity contribution is 0.0971. The normalized spacial score (nSPS) is 15.5. The van der Waals surface area contributed by atoms with E-state index in [2.05, 4.69) is 0 Å². The number of para-hydroxylation sites is 1. The second-order valence-corrected chi connectivity index (χ2v) is 7.44. The third-order valence-electron chi connectivity index (χ3n) is 5.27. The van der Waals surface area contributed by atoms with Gasteiger partial charge in [-0.05, 0) is 48.0 Å². The van der Waals surface area contributed by atoms with Gasteiger partial charge in [-0.25, -0.2) is 0 Å². The molecule has 1 unspecified atom stereocenters. The van der Waals surface area contributed by atoms with Crippen molar-refractivity contribution in [2.24, 2.45) is 0 Å². The van der Waals surface area contributed by atoms with E-state index in [4.69, 9.17) is 20.8 Å². The molecule has 0 radical (unpaired) electrons. The monoisotopic (exact) mass is 417 g/mol. The maximum atomic E-state index is 13.5. The van der Waals surface area contributed by atoms with E-state index in [9.17, 15) is 9.59 Å². The molecular weight excluding hydrogens is 402 g/mol. The fourth-order valence-electron chi connectivity index (χ4n) is 3.94. The molecule has 0 bridgehead atoms. The SMILES string of the molecule is COc1cccc(C2c3c(oc4ccccc4c3=O)C(=O)N2c2cccc(Cl)c2)c1. The lowest BCUT2D eigenvalue weighted by atomic mass is 9.98. The smallest absolute Gasteiger partial charge is 0.295 e. The summed E-state index contributed by atoms with van der Waals surface area (Å²) in [5.41, 5.74) is 1.79. The Balaban J connectivity index is 1.82. The molecule has 1 amide bonds. The van der Waals surface area contributed by atoms with E-state index in [0.717, 1.165) is 5.56 Å². The Labute approximate surface area is 177 Å². The van der Waals surface area contributed by atoms with Gasteiger partial charge in [0, 0.05) is 10.7 Å². The maximum absolute atomic E-state index is 13.5. The van der Waals surface area contributed by atoms with Gasteiger partial charge in [0.1, 0.15) is 11.3 Å². The van der Waals surface area contributed by atoms with Crippen molar-refractivity contribution in [3.63, 3.8) is 0 Å². The van der Waals surface area contributed by atoms with E-state index >= 15 is 0 Å². The lowest BCUT2D eigenvalue weighted by Crippen LogP contribution is -2.29. The molecule has 5 rings (SSSR count). The summed E-state index contributed by atoms with van der Waals surface area (Å²) in [5, 5.41) is 0.926. The number of hydrogen-bond acceptors (Lipinski definition) is 4. The highest BCUT2D eigenvalue weighted by Crippen LogP contribution is 2.42. The minimum absolute atomic E-state index is 0.0477. The van der Waals surface area contributed by atoms with Crippen molar-refractivity contribution >= 4 is 34.2 Å². The van der Waals surface area contributed by atoms with Crippen LogP contribution >= 0.6 is 11.6 Å². The standard InChI is InChI=1S/C24H16ClNO4/c1-29-17-9-4-6-14(12-17)21-20-22(27)18-10-2-3-11-19(18)30-23(20)24(28)26(21)16-8-5-7-15(25)13-16/h2-13,21H,1H3. The Hall–Kier alpha value is -3.57. The zero-order valence-electron chi connectivity index (χ0n) is 16.0. The quantitative estimate of drug-likeness (QED) is 0.459. The molecule has 0 saturated carbocycles. The number of rotatable bonds is 3. The molecule has 0 spiro atoms. The molecule has 0 fully saturated rings.